The van der Waals surface area contributed by atoms with Gasteiger partial charge in [0.1, 0.15) is 78.0 Å². The zero-order valence-corrected chi connectivity index (χ0v) is 33.7. The molecule has 1 amide bonds. The van der Waals surface area contributed by atoms with E-state index in [4.69, 9.17) is 18.4 Å². The summed E-state index contributed by atoms with van der Waals surface area (Å²) in [5, 5.41) is 93.8. The number of ether oxygens (including phenoxy) is 3. The predicted octanol–water partition coefficient (Wildman–Crippen LogP) is 0.791. The molecule has 0 aromatic heterocycles. The minimum Gasteiger partial charge on any atom is -0.508 e. The second-order valence-electron chi connectivity index (χ2n) is 15.5. The van der Waals surface area contributed by atoms with Gasteiger partial charge in [0.05, 0.1) is 31.3 Å². The van der Waals surface area contributed by atoms with Crippen molar-refractivity contribution in [2.24, 2.45) is 5.92 Å². The van der Waals surface area contributed by atoms with Gasteiger partial charge >= 0.3 is 10.1 Å². The molecule has 62 heavy (non-hydrogen) atoms. The molecule has 0 spiro atoms. The highest BCUT2D eigenvalue weighted by molar-refractivity contribution is 7.87. The topological polar surface area (TPSA) is 273 Å². The highest BCUT2D eigenvalue weighted by Gasteiger charge is 2.52. The third-order valence-electron chi connectivity index (χ3n) is 11.5. The van der Waals surface area contributed by atoms with Crippen LogP contribution in [-0.4, -0.2) is 140 Å². The van der Waals surface area contributed by atoms with Crippen molar-refractivity contribution in [2.45, 2.75) is 86.2 Å². The molecule has 334 valence electrons. The quantitative estimate of drug-likeness (QED) is 0.0590. The van der Waals surface area contributed by atoms with E-state index in [1.165, 1.54) is 47.4 Å². The molecule has 9 N–H and O–H groups in total. The number of aromatic hydroxyl groups is 1. The predicted molar refractivity (Wildman–Crippen MR) is 215 cm³/mol. The molecule has 0 bridgehead atoms. The fourth-order valence-corrected chi connectivity index (χ4v) is 9.28. The van der Waals surface area contributed by atoms with Crippen LogP contribution < -0.4 is 9.08 Å². The summed E-state index contributed by atoms with van der Waals surface area (Å²) in [6.45, 7) is -1.69. The fourth-order valence-electron chi connectivity index (χ4n) is 8.11. The van der Waals surface area contributed by atoms with Crippen LogP contribution in [0.25, 0.3) is 11.1 Å². The summed E-state index contributed by atoms with van der Waals surface area (Å²) >= 11 is 0. The maximum atomic E-state index is 14.1. The van der Waals surface area contributed by atoms with E-state index in [0.717, 1.165) is 0 Å². The Morgan fingerprint density at radius 3 is 2.05 bits per heavy atom. The molecule has 3 aliphatic rings. The van der Waals surface area contributed by atoms with Crippen LogP contribution in [0.3, 0.4) is 0 Å². The highest BCUT2D eigenvalue weighted by atomic mass is 32.2. The molecule has 7 rings (SSSR count). The maximum Gasteiger partial charge on any atom is 0.311 e. The molecule has 1 unspecified atom stereocenters. The average molecular weight is 886 g/mol. The van der Waals surface area contributed by atoms with E-state index in [1.54, 1.807) is 54.6 Å². The molecule has 0 saturated carbocycles. The summed E-state index contributed by atoms with van der Waals surface area (Å²) in [7, 11) is -4.81. The Kier molecular flexibility index (Phi) is 13.9. The number of phenols is 1. The highest BCUT2D eigenvalue weighted by Crippen LogP contribution is 2.50. The molecule has 3 fully saturated rings. The number of aliphatic hydroxyl groups excluding tert-OH is 8. The first-order chi connectivity index (χ1) is 29.6. The molecule has 4 aromatic carbocycles. The number of carbonyl (C=O) groups excluding carboxylic acids is 1. The van der Waals surface area contributed by atoms with Gasteiger partial charge in [0.15, 0.2) is 6.29 Å². The van der Waals surface area contributed by atoms with Crippen molar-refractivity contribution in [2.75, 3.05) is 23.9 Å². The van der Waals surface area contributed by atoms with E-state index in [2.05, 4.69) is 0 Å². The lowest BCUT2D eigenvalue weighted by atomic mass is 9.77. The monoisotopic (exact) mass is 885 g/mol. The summed E-state index contributed by atoms with van der Waals surface area (Å²) in [5.41, 5.74) is 2.21. The minimum absolute atomic E-state index is 0.0168. The third kappa shape index (κ3) is 9.49. The first-order valence-corrected chi connectivity index (χ1v) is 21.4. The summed E-state index contributed by atoms with van der Waals surface area (Å²) in [5.74, 6) is -2.91. The van der Waals surface area contributed by atoms with Crippen molar-refractivity contribution in [1.82, 2.24) is 0 Å². The van der Waals surface area contributed by atoms with Gasteiger partial charge in [0, 0.05) is 11.3 Å². The summed E-state index contributed by atoms with van der Waals surface area (Å²) in [4.78, 5) is 15.4. The normalized spacial score (nSPS) is 30.7. The minimum atomic E-state index is -4.81. The van der Waals surface area contributed by atoms with Gasteiger partial charge in [-0.15, -0.1) is 0 Å². The number of hydrogen-bond acceptors (Lipinski definition) is 16. The number of rotatable bonds is 15. The van der Waals surface area contributed by atoms with Crippen molar-refractivity contribution in [3.8, 4) is 22.6 Å². The Hall–Kier alpha value is -4.61. The van der Waals surface area contributed by atoms with Crippen molar-refractivity contribution in [3.05, 3.63) is 114 Å². The van der Waals surface area contributed by atoms with Crippen LogP contribution in [0.2, 0.25) is 0 Å². The first-order valence-electron chi connectivity index (χ1n) is 19.9. The van der Waals surface area contributed by atoms with Gasteiger partial charge in [0.25, 0.3) is 0 Å². The van der Waals surface area contributed by atoms with E-state index in [9.17, 15) is 63.6 Å². The molecule has 0 radical (unpaired) electrons. The van der Waals surface area contributed by atoms with E-state index in [0.29, 0.717) is 22.4 Å². The Bertz CT molecular complexity index is 2250. The zero-order valence-electron chi connectivity index (χ0n) is 32.9. The maximum absolute atomic E-state index is 14.1. The standard InChI is InChI=1S/C43H48FNO16S/c44-25-11-6-23(7-12-25)30(49)17-16-29-35(45(42(29)55)26-4-2-1-3-5-26)28-15-10-24(22-8-13-27(48)14-9-22)18-31(28)61-62(56,57)21-34-37(51)39(53)41(33(20-47)58-34)60-43-40(54)38(52)36(50)32(19-46)59-43/h1-15,18,29-30,32-41,43,46-54H,16-17,19-21H2/t29-,30+,32-,33-,34+,35-,36-,37+,38+,39-,40-,41?,43+/m1/s1. The number of carbonyl (C=O) groups is 1. The van der Waals surface area contributed by atoms with Gasteiger partial charge in [0.2, 0.25) is 5.91 Å². The molecule has 19 heteroatoms. The lowest BCUT2D eigenvalue weighted by Gasteiger charge is -2.48. The van der Waals surface area contributed by atoms with Crippen LogP contribution in [0.15, 0.2) is 97.1 Å². The van der Waals surface area contributed by atoms with Gasteiger partial charge in [-0.1, -0.05) is 54.6 Å². The summed E-state index contributed by atoms with van der Waals surface area (Å²) in [6, 6.07) is 23.9. The molecule has 0 aliphatic carbocycles. The van der Waals surface area contributed by atoms with Crippen LogP contribution in [0.4, 0.5) is 10.1 Å². The lowest BCUT2D eigenvalue weighted by molar-refractivity contribution is -0.341. The number of benzene rings is 4. The van der Waals surface area contributed by atoms with Crippen LogP contribution in [0, 0.1) is 11.7 Å². The van der Waals surface area contributed by atoms with Crippen molar-refractivity contribution >= 4 is 21.7 Å². The first kappa shape index (κ1) is 45.4. The van der Waals surface area contributed by atoms with E-state index in [1.807, 2.05) is 0 Å². The van der Waals surface area contributed by atoms with Crippen molar-refractivity contribution in [1.29, 1.82) is 0 Å². The number of aliphatic hydroxyl groups is 8. The molecular weight excluding hydrogens is 838 g/mol. The van der Waals surface area contributed by atoms with Crippen LogP contribution in [0.1, 0.15) is 36.1 Å². The fraction of sp³-hybridized carbons (Fsp3) is 0.419. The van der Waals surface area contributed by atoms with E-state index < -0.39 is 114 Å². The number of para-hydroxylation sites is 1. The largest absolute Gasteiger partial charge is 0.508 e. The van der Waals surface area contributed by atoms with Crippen LogP contribution in [-0.2, 0) is 29.1 Å². The molecular formula is C43H48FNO16S. The molecule has 3 heterocycles. The van der Waals surface area contributed by atoms with Crippen LogP contribution in [0.5, 0.6) is 11.5 Å². The van der Waals surface area contributed by atoms with E-state index in [-0.39, 0.29) is 35.8 Å². The zero-order chi connectivity index (χ0) is 44.5. The summed E-state index contributed by atoms with van der Waals surface area (Å²) in [6.07, 6.45) is -18.4. The lowest BCUT2D eigenvalue weighted by Crippen LogP contribution is -2.65. The number of halogens is 1. The second kappa shape index (κ2) is 19.0. The van der Waals surface area contributed by atoms with Crippen LogP contribution >= 0.6 is 0 Å². The van der Waals surface area contributed by atoms with Crippen molar-refractivity contribution in [3.63, 3.8) is 0 Å². The molecule has 17 nitrogen and oxygen atoms in total. The number of β-lactam (4-membered cyclic amide) rings is 1. The average Bonchev–Trinajstić information content (AvgIpc) is 3.26. The Labute approximate surface area is 355 Å². The third-order valence-corrected chi connectivity index (χ3v) is 12.6. The number of anilines is 1. The van der Waals surface area contributed by atoms with Gasteiger partial charge in [-0.05, 0) is 72.0 Å². The van der Waals surface area contributed by atoms with Gasteiger partial charge < -0.3 is 69.3 Å². The smallest absolute Gasteiger partial charge is 0.311 e. The number of amides is 1. The Morgan fingerprint density at radius 2 is 1.39 bits per heavy atom. The molecule has 3 saturated heterocycles. The molecule has 13 atom stereocenters. The number of phenolic OH excluding ortho intramolecular Hbond substituents is 1. The van der Waals surface area contributed by atoms with Crippen molar-refractivity contribution < 1.29 is 82.0 Å². The number of hydrogen-bond donors (Lipinski definition) is 9. The number of nitrogens with zero attached hydrogens (tertiary/aromatic N) is 1. The molecule has 4 aromatic rings. The Balaban J connectivity index is 1.17. The van der Waals surface area contributed by atoms with E-state index >= 15 is 0 Å². The van der Waals surface area contributed by atoms with Gasteiger partial charge in [-0.2, -0.15) is 8.42 Å². The van der Waals surface area contributed by atoms with Gasteiger partial charge in [-0.3, -0.25) is 4.79 Å². The Morgan fingerprint density at radius 1 is 0.742 bits per heavy atom. The molecule has 3 aliphatic heterocycles. The summed E-state index contributed by atoms with van der Waals surface area (Å²) < 4.78 is 64.2. The SMILES string of the molecule is O=C1[C@H](CC[C@H](O)c2ccc(F)cc2)[C@@H](c2ccc(-c3ccc(O)cc3)cc2OS(=O)(=O)C[C@@H]2O[C@H](CO)C(O[C@@H]3O[C@H](CO)[C@@H](O)[C@H](O)[C@H]3O)[C@H](O)[C@H]2O)N1c1ccccc1. The van der Waals surface area contributed by atoms with Gasteiger partial charge in [-0.25, -0.2) is 4.39 Å². The second-order valence-corrected chi connectivity index (χ2v) is 17.1.